The van der Waals surface area contributed by atoms with Gasteiger partial charge in [0.1, 0.15) is 5.82 Å². The van der Waals surface area contributed by atoms with Gasteiger partial charge in [0.2, 0.25) is 0 Å². The molecule has 3 aromatic heterocycles. The summed E-state index contributed by atoms with van der Waals surface area (Å²) in [6, 6.07) is 26.3. The van der Waals surface area contributed by atoms with E-state index in [1.54, 1.807) is 74.4 Å². The molecule has 0 saturated carbocycles. The zero-order valence-electron chi connectivity index (χ0n) is 52.8. The average Bonchev–Trinajstić information content (AvgIpc) is 3.62. The van der Waals surface area contributed by atoms with Gasteiger partial charge in [-0.1, -0.05) is 165 Å². The van der Waals surface area contributed by atoms with Crippen LogP contribution in [0.15, 0.2) is 194 Å². The maximum absolute atomic E-state index is 9.07. The number of benzene rings is 8. The minimum atomic E-state index is -2.83. The second-order valence-electron chi connectivity index (χ2n) is 16.0. The van der Waals surface area contributed by atoms with Crippen molar-refractivity contribution in [3.05, 3.63) is 223 Å². The van der Waals surface area contributed by atoms with Gasteiger partial charge in [0.05, 0.1) is 37.3 Å². The van der Waals surface area contributed by atoms with E-state index in [1.165, 1.54) is 12.3 Å². The van der Waals surface area contributed by atoms with E-state index in [2.05, 4.69) is 23.4 Å². The predicted molar refractivity (Wildman–Crippen MR) is 260 cm³/mol. The summed E-state index contributed by atoms with van der Waals surface area (Å²) in [5.41, 5.74) is 2.49. The van der Waals surface area contributed by atoms with Crippen molar-refractivity contribution in [2.24, 2.45) is 0 Å². The number of fused-ring (bicyclic) bond motifs is 4. The first-order chi connectivity index (χ1) is 38.7. The summed E-state index contributed by atoms with van der Waals surface area (Å²) in [6.07, 6.45) is 4.65. The largest absolute Gasteiger partial charge is 0.510 e. The standard InChI is InChI=1S/C59H44N4O.Pt/c1-40-34-57(60-38-51(40)43-22-12-7-13-23-43)63-53-29-15-14-26-49(53)50-32-31-47(37-55(50)63)64-46-25-16-24-45(36-46)61-39-62(54-33-30-44(35-56(54)61)41-18-8-5-9-19-41)58-48(42-20-10-6-11-21-42)27-17-28-52(58)59(2,3)4;/h5-35,38H,1-4H3;/q-2;/i1D3,5D,6D,7D,8D,9D,10D,11D,12D,13D,18D,19D,20D,21D,22D,23D;. The molecule has 0 saturated heterocycles. The molecular formula is C59H44N4OPt-2. The van der Waals surface area contributed by atoms with E-state index < -0.39 is 103 Å². The van der Waals surface area contributed by atoms with Gasteiger partial charge in [0, 0.05) is 54.0 Å². The first kappa shape index (κ1) is 25.8. The maximum Gasteiger partial charge on any atom is 0.268 e. The summed E-state index contributed by atoms with van der Waals surface area (Å²) in [5.74, 6) is 0.503. The third-order valence-corrected chi connectivity index (χ3v) is 10.9. The molecule has 318 valence electrons. The van der Waals surface area contributed by atoms with Gasteiger partial charge in [-0.2, -0.15) is 18.2 Å². The third-order valence-electron chi connectivity index (χ3n) is 10.9. The van der Waals surface area contributed by atoms with Crippen LogP contribution >= 0.6 is 0 Å². The normalized spacial score (nSPS) is 15.7. The van der Waals surface area contributed by atoms with Crippen LogP contribution in [0.5, 0.6) is 11.5 Å². The van der Waals surface area contributed by atoms with Crippen molar-refractivity contribution in [1.29, 1.82) is 0 Å². The summed E-state index contributed by atoms with van der Waals surface area (Å²) in [5, 5.41) is 1.45. The van der Waals surface area contributed by atoms with Gasteiger partial charge >= 0.3 is 0 Å². The molecule has 6 heteroatoms. The van der Waals surface area contributed by atoms with Crippen molar-refractivity contribution in [3.63, 3.8) is 0 Å². The van der Waals surface area contributed by atoms with Gasteiger partial charge in [-0.05, 0) is 80.5 Å². The van der Waals surface area contributed by atoms with Gasteiger partial charge in [-0.3, -0.25) is 4.57 Å². The molecule has 8 aromatic carbocycles. The van der Waals surface area contributed by atoms with Crippen molar-refractivity contribution < 1.29 is 55.0 Å². The number of hydrogen-bond donors (Lipinski definition) is 0. The molecule has 0 spiro atoms. The predicted octanol–water partition coefficient (Wildman–Crippen LogP) is 14.2. The molecule has 3 heterocycles. The number of imidazole rings is 1. The Balaban J connectivity index is 0.00000769. The van der Waals surface area contributed by atoms with Crippen LogP contribution in [0, 0.1) is 25.3 Å². The molecule has 0 aliphatic heterocycles. The van der Waals surface area contributed by atoms with E-state index in [-0.39, 0.29) is 71.8 Å². The van der Waals surface area contributed by atoms with E-state index in [1.807, 2.05) is 51.1 Å². The molecule has 11 aromatic rings. The van der Waals surface area contributed by atoms with Crippen molar-refractivity contribution >= 4 is 32.8 Å². The SMILES string of the molecule is [2H]c1c([2H])c([2H])c(-c2ccc3c(c2)n(-c2[c-]c(Oc4[c-]c5c(cc4)c4ccccc4n5-c4cc(C([2H])([2H])[2H])c(-c5c([2H])c([2H])c([2H])c([2H])c5[2H])cn4)ccc2)[c-][n+]3-c2c(-c3c([2H])c([2H])c([2H])c([2H])c3[2H])cccc2C(C)(C)C)c([2H])c1[2H].[Pt]. The Morgan fingerprint density at radius 3 is 2.06 bits per heavy atom. The molecule has 0 aliphatic rings. The summed E-state index contributed by atoms with van der Waals surface area (Å²) >= 11 is 0. The molecule has 0 bridgehead atoms. The second kappa shape index (κ2) is 17.0. The van der Waals surface area contributed by atoms with Crippen LogP contribution in [0.4, 0.5) is 0 Å². The van der Waals surface area contributed by atoms with Gasteiger partial charge < -0.3 is 13.9 Å². The third kappa shape index (κ3) is 7.66. The zero-order chi connectivity index (χ0) is 58.9. The quantitative estimate of drug-likeness (QED) is 0.112. The topological polar surface area (TPSA) is 35.9 Å². The monoisotopic (exact) mass is 1040 g/mol. The number of hydrogen-bond acceptors (Lipinski definition) is 2. The smallest absolute Gasteiger partial charge is 0.268 e. The van der Waals surface area contributed by atoms with E-state index >= 15 is 0 Å². The molecule has 0 amide bonds. The fourth-order valence-electron chi connectivity index (χ4n) is 8.05. The van der Waals surface area contributed by atoms with E-state index in [9.17, 15) is 0 Å². The molecule has 5 nitrogen and oxygen atoms in total. The molecule has 0 atom stereocenters. The fourth-order valence-corrected chi connectivity index (χ4v) is 8.05. The van der Waals surface area contributed by atoms with Gasteiger partial charge in [-0.25, -0.2) is 4.98 Å². The van der Waals surface area contributed by atoms with Crippen molar-refractivity contribution in [2.75, 3.05) is 0 Å². The van der Waals surface area contributed by atoms with Crippen LogP contribution in [0.25, 0.3) is 83.4 Å². The Labute approximate surface area is 419 Å². The van der Waals surface area contributed by atoms with Crippen LogP contribution < -0.4 is 9.30 Å². The Morgan fingerprint density at radius 2 is 1.32 bits per heavy atom. The van der Waals surface area contributed by atoms with Crippen LogP contribution in [-0.2, 0) is 26.5 Å². The van der Waals surface area contributed by atoms with Gasteiger partial charge in [0.25, 0.3) is 6.33 Å². The molecule has 0 fully saturated rings. The van der Waals surface area contributed by atoms with E-state index in [0.29, 0.717) is 50.0 Å². The van der Waals surface area contributed by atoms with Crippen LogP contribution in [0.2, 0.25) is 0 Å². The van der Waals surface area contributed by atoms with Crippen LogP contribution in [-0.4, -0.2) is 14.1 Å². The summed E-state index contributed by atoms with van der Waals surface area (Å²) in [4.78, 5) is 4.66. The molecule has 0 radical (unpaired) electrons. The molecule has 11 rings (SSSR count). The van der Waals surface area contributed by atoms with E-state index in [4.69, 9.17) is 29.4 Å². The Kier molecular flexibility index (Phi) is 6.75. The van der Waals surface area contributed by atoms with Crippen molar-refractivity contribution in [3.8, 4) is 62.1 Å². The Bertz CT molecular complexity index is 4460. The minimum absolute atomic E-state index is 0. The number of rotatable bonds is 8. The first-order valence-corrected chi connectivity index (χ1v) is 20.2. The molecule has 0 unspecified atom stereocenters. The molecular weight excluding hydrogens is 976 g/mol. The van der Waals surface area contributed by atoms with Crippen molar-refractivity contribution in [1.82, 2.24) is 14.1 Å². The fraction of sp³-hybridized carbons (Fsp3) is 0.0847. The summed E-state index contributed by atoms with van der Waals surface area (Å²) < 4.78 is 166. The first-order valence-electron chi connectivity index (χ1n) is 29.2. The van der Waals surface area contributed by atoms with Gasteiger partial charge in [0.15, 0.2) is 0 Å². The number of aromatic nitrogens is 4. The zero-order valence-corrected chi connectivity index (χ0v) is 37.1. The second-order valence-corrected chi connectivity index (χ2v) is 16.0. The number of para-hydroxylation sites is 2. The number of nitrogens with zero attached hydrogens (tertiary/aromatic N) is 4. The number of pyridine rings is 1. The van der Waals surface area contributed by atoms with Gasteiger partial charge in [-0.15, -0.1) is 29.7 Å². The molecule has 0 aliphatic carbocycles. The van der Waals surface area contributed by atoms with Crippen LogP contribution in [0.1, 0.15) is 56.6 Å². The van der Waals surface area contributed by atoms with Crippen molar-refractivity contribution in [2.45, 2.75) is 33.0 Å². The Morgan fingerprint density at radius 1 is 0.631 bits per heavy atom. The van der Waals surface area contributed by atoms with E-state index in [0.717, 1.165) is 5.39 Å². The maximum atomic E-state index is 9.07. The number of aryl methyl sites for hydroxylation is 1. The molecule has 0 N–H and O–H groups in total. The number of ether oxygens (including phenoxy) is 1. The Hall–Kier alpha value is -7.33. The minimum Gasteiger partial charge on any atom is -0.510 e. The summed E-state index contributed by atoms with van der Waals surface area (Å²) in [6.45, 7) is 3.10. The summed E-state index contributed by atoms with van der Waals surface area (Å²) in [7, 11) is 0. The average molecular weight is 1040 g/mol. The van der Waals surface area contributed by atoms with Crippen LogP contribution in [0.3, 0.4) is 0 Å². The molecule has 65 heavy (non-hydrogen) atoms.